The van der Waals surface area contributed by atoms with E-state index in [4.69, 9.17) is 4.74 Å². The average Bonchev–Trinajstić information content (AvgIpc) is 2.40. The van der Waals surface area contributed by atoms with Crippen molar-refractivity contribution >= 4 is 5.69 Å². The highest BCUT2D eigenvalue weighted by atomic mass is 16.5. The van der Waals surface area contributed by atoms with Crippen LogP contribution in [0.3, 0.4) is 0 Å². The molecule has 0 saturated heterocycles. The monoisotopic (exact) mass is 245 g/mol. The van der Waals surface area contributed by atoms with Crippen LogP contribution in [0.4, 0.5) is 5.69 Å². The number of hydrogen-bond acceptors (Lipinski definition) is 4. The van der Waals surface area contributed by atoms with Crippen molar-refractivity contribution in [3.63, 3.8) is 0 Å². The number of ether oxygens (including phenoxy) is 1. The van der Waals surface area contributed by atoms with Crippen molar-refractivity contribution in [2.75, 3.05) is 19.0 Å². The van der Waals surface area contributed by atoms with Crippen LogP contribution in [0.1, 0.15) is 6.92 Å². The molecule has 0 bridgehead atoms. The molecule has 1 aromatic carbocycles. The molecule has 2 rings (SSSR count). The van der Waals surface area contributed by atoms with Crippen LogP contribution in [0, 0.1) is 0 Å². The molecule has 18 heavy (non-hydrogen) atoms. The summed E-state index contributed by atoms with van der Waals surface area (Å²) < 4.78 is 6.69. The first kappa shape index (κ1) is 12.2. The van der Waals surface area contributed by atoms with Crippen molar-refractivity contribution in [2.24, 2.45) is 0 Å². The Bertz CT molecular complexity index is 576. The van der Waals surface area contributed by atoms with E-state index >= 15 is 0 Å². The van der Waals surface area contributed by atoms with Crippen molar-refractivity contribution in [1.29, 1.82) is 0 Å². The van der Waals surface area contributed by atoms with Crippen molar-refractivity contribution < 1.29 is 4.74 Å². The molecule has 0 aliphatic heterocycles. The number of nitrogens with one attached hydrogen (secondary N) is 1. The first-order valence-electron chi connectivity index (χ1n) is 5.75. The van der Waals surface area contributed by atoms with Gasteiger partial charge in [0, 0.05) is 13.1 Å². The van der Waals surface area contributed by atoms with Crippen LogP contribution in [0.15, 0.2) is 41.3 Å². The van der Waals surface area contributed by atoms with Gasteiger partial charge in [-0.1, -0.05) is 0 Å². The predicted octanol–water partition coefficient (Wildman–Crippen LogP) is 1.67. The van der Waals surface area contributed by atoms with Crippen molar-refractivity contribution in [3.8, 4) is 11.4 Å². The maximum Gasteiger partial charge on any atom is 0.273 e. The van der Waals surface area contributed by atoms with Crippen LogP contribution in [0.5, 0.6) is 5.75 Å². The van der Waals surface area contributed by atoms with Crippen molar-refractivity contribution in [2.45, 2.75) is 6.92 Å². The van der Waals surface area contributed by atoms with Gasteiger partial charge >= 0.3 is 0 Å². The molecule has 0 spiro atoms. The first-order valence-corrected chi connectivity index (χ1v) is 5.75. The second-order valence-corrected chi connectivity index (χ2v) is 3.67. The lowest BCUT2D eigenvalue weighted by atomic mass is 10.3. The topological polar surface area (TPSA) is 56.1 Å². The zero-order chi connectivity index (χ0) is 13.0. The summed E-state index contributed by atoms with van der Waals surface area (Å²) >= 11 is 0. The number of aromatic nitrogens is 2. The summed E-state index contributed by atoms with van der Waals surface area (Å²) in [6, 6.07) is 8.75. The molecular weight excluding hydrogens is 230 g/mol. The summed E-state index contributed by atoms with van der Waals surface area (Å²) in [5, 5.41) is 6.97. The lowest BCUT2D eigenvalue weighted by Gasteiger charge is -2.07. The van der Waals surface area contributed by atoms with Gasteiger partial charge in [-0.2, -0.15) is 9.78 Å². The van der Waals surface area contributed by atoms with Gasteiger partial charge in [0.05, 0.1) is 24.2 Å². The van der Waals surface area contributed by atoms with Gasteiger partial charge in [0.2, 0.25) is 0 Å². The highest BCUT2D eigenvalue weighted by molar-refractivity contribution is 5.41. The molecule has 0 aliphatic rings. The Morgan fingerprint density at radius 1 is 1.33 bits per heavy atom. The molecule has 0 fully saturated rings. The summed E-state index contributed by atoms with van der Waals surface area (Å²) in [6.07, 6.45) is 1.61. The Kier molecular flexibility index (Phi) is 3.62. The lowest BCUT2D eigenvalue weighted by molar-refractivity contribution is 0.340. The maximum absolute atomic E-state index is 11.8. The summed E-state index contributed by atoms with van der Waals surface area (Å²) in [5.41, 5.74) is 1.24. The van der Waals surface area contributed by atoms with Crippen LogP contribution in [-0.4, -0.2) is 23.4 Å². The minimum Gasteiger partial charge on any atom is -0.494 e. The van der Waals surface area contributed by atoms with Gasteiger partial charge in [-0.25, -0.2) is 0 Å². The third-order valence-electron chi connectivity index (χ3n) is 2.48. The third kappa shape index (κ3) is 2.51. The SMILES string of the molecule is CCOc1ccc(-n2ncc(NC)cc2=O)cc1. The van der Waals surface area contributed by atoms with Crippen LogP contribution in [0.25, 0.3) is 5.69 Å². The fourth-order valence-corrected chi connectivity index (χ4v) is 1.59. The van der Waals surface area contributed by atoms with E-state index in [9.17, 15) is 4.79 Å². The zero-order valence-electron chi connectivity index (χ0n) is 10.4. The summed E-state index contributed by atoms with van der Waals surface area (Å²) in [6.45, 7) is 2.55. The molecule has 0 amide bonds. The third-order valence-corrected chi connectivity index (χ3v) is 2.48. The van der Waals surface area contributed by atoms with Gasteiger partial charge in [-0.3, -0.25) is 4.79 Å². The van der Waals surface area contributed by atoms with Gasteiger partial charge in [0.15, 0.2) is 0 Å². The van der Waals surface area contributed by atoms with Crippen LogP contribution in [-0.2, 0) is 0 Å². The summed E-state index contributed by atoms with van der Waals surface area (Å²) in [7, 11) is 1.75. The maximum atomic E-state index is 11.8. The van der Waals surface area contributed by atoms with Gasteiger partial charge in [-0.05, 0) is 31.2 Å². The normalized spacial score (nSPS) is 10.1. The molecule has 0 unspecified atom stereocenters. The molecule has 0 atom stereocenters. The van der Waals surface area contributed by atoms with E-state index in [2.05, 4.69) is 10.4 Å². The van der Waals surface area contributed by atoms with Crippen molar-refractivity contribution in [3.05, 3.63) is 46.9 Å². The quantitative estimate of drug-likeness (QED) is 0.890. The lowest BCUT2D eigenvalue weighted by Crippen LogP contribution is -2.20. The minimum absolute atomic E-state index is 0.175. The molecule has 1 N–H and O–H groups in total. The Balaban J connectivity index is 2.34. The van der Waals surface area contributed by atoms with E-state index in [0.29, 0.717) is 18.0 Å². The van der Waals surface area contributed by atoms with Crippen molar-refractivity contribution in [1.82, 2.24) is 9.78 Å². The van der Waals surface area contributed by atoms with Gasteiger partial charge in [0.25, 0.3) is 5.56 Å². The van der Waals surface area contributed by atoms with Gasteiger partial charge in [0.1, 0.15) is 5.75 Å². The molecule has 1 heterocycles. The molecule has 1 aromatic heterocycles. The average molecular weight is 245 g/mol. The smallest absolute Gasteiger partial charge is 0.273 e. The first-order chi connectivity index (χ1) is 8.74. The van der Waals surface area contributed by atoms with Gasteiger partial charge < -0.3 is 10.1 Å². The van der Waals surface area contributed by atoms with E-state index < -0.39 is 0 Å². The summed E-state index contributed by atoms with van der Waals surface area (Å²) in [5.74, 6) is 0.779. The predicted molar refractivity (Wildman–Crippen MR) is 70.5 cm³/mol. The second kappa shape index (κ2) is 5.35. The Labute approximate surface area is 105 Å². The molecule has 0 radical (unpaired) electrons. The van der Waals surface area contributed by atoms with E-state index in [1.807, 2.05) is 19.1 Å². The Morgan fingerprint density at radius 3 is 2.61 bits per heavy atom. The number of benzene rings is 1. The molecule has 94 valence electrons. The fourth-order valence-electron chi connectivity index (χ4n) is 1.59. The van der Waals surface area contributed by atoms with E-state index in [0.717, 1.165) is 5.75 Å². The molecule has 0 aliphatic carbocycles. The van der Waals surface area contributed by atoms with Gasteiger partial charge in [-0.15, -0.1) is 0 Å². The second-order valence-electron chi connectivity index (χ2n) is 3.67. The standard InChI is InChI=1S/C13H15N3O2/c1-3-18-12-6-4-11(5-7-12)16-13(17)8-10(14-2)9-15-16/h4-9,14H,3H2,1-2H3. The molecule has 5 nitrogen and oxygen atoms in total. The van der Waals surface area contributed by atoms with Crippen LogP contribution < -0.4 is 15.6 Å². The van der Waals surface area contributed by atoms with E-state index in [1.54, 1.807) is 25.4 Å². The number of rotatable bonds is 4. The summed E-state index contributed by atoms with van der Waals surface area (Å²) in [4.78, 5) is 11.8. The highest BCUT2D eigenvalue weighted by Gasteiger charge is 2.02. The number of hydrogen-bond donors (Lipinski definition) is 1. The fraction of sp³-hybridized carbons (Fsp3) is 0.231. The number of nitrogens with zero attached hydrogens (tertiary/aromatic N) is 2. The van der Waals surface area contributed by atoms with Crippen LogP contribution in [0.2, 0.25) is 0 Å². The molecule has 5 heteroatoms. The van der Waals surface area contributed by atoms with E-state index in [1.165, 1.54) is 10.7 Å². The Hall–Kier alpha value is -2.30. The Morgan fingerprint density at radius 2 is 2.06 bits per heavy atom. The highest BCUT2D eigenvalue weighted by Crippen LogP contribution is 2.13. The van der Waals surface area contributed by atoms with E-state index in [-0.39, 0.29) is 5.56 Å². The largest absolute Gasteiger partial charge is 0.494 e. The molecule has 0 saturated carbocycles. The van der Waals surface area contributed by atoms with Crippen LogP contribution >= 0.6 is 0 Å². The minimum atomic E-state index is -0.175. The number of anilines is 1. The zero-order valence-corrected chi connectivity index (χ0v) is 10.4. The molecule has 2 aromatic rings. The molecular formula is C13H15N3O2.